The van der Waals surface area contributed by atoms with Crippen molar-refractivity contribution in [3.05, 3.63) is 106 Å². The van der Waals surface area contributed by atoms with Crippen LogP contribution >= 0.6 is 11.3 Å². The third kappa shape index (κ3) is 23.3. The molecule has 10 rings (SSSR count). The summed E-state index contributed by atoms with van der Waals surface area (Å²) in [6.07, 6.45) is 6.13. The number of β-amino-alcohol motifs (C(OH)–C–C–N with tert-alkyl or cyclic N) is 1. The van der Waals surface area contributed by atoms with Gasteiger partial charge in [0.15, 0.2) is 17.9 Å². The minimum atomic E-state index is -1.76. The van der Waals surface area contributed by atoms with E-state index in [0.29, 0.717) is 46.6 Å². The summed E-state index contributed by atoms with van der Waals surface area (Å²) in [6.45, 7) is -1.66. The number of benzene rings is 3. The number of aliphatic hydroxyl groups is 2. The van der Waals surface area contributed by atoms with Gasteiger partial charge in [-0.15, -0.1) is 11.3 Å². The molecule has 0 unspecified atom stereocenters. The van der Waals surface area contributed by atoms with Crippen molar-refractivity contribution < 1.29 is 68.1 Å². The van der Waals surface area contributed by atoms with Crippen molar-refractivity contribution >= 4 is 105 Å². The third-order valence-corrected chi connectivity index (χ3v) is 21.7. The zero-order valence-electron chi connectivity index (χ0n) is 60.5. The molecule has 3 heterocycles. The number of guanidine groups is 3. The Kier molecular flexibility index (Phi) is 29.4. The van der Waals surface area contributed by atoms with Gasteiger partial charge >= 0.3 is 5.97 Å². The molecule has 10 amide bonds. The summed E-state index contributed by atoms with van der Waals surface area (Å²) in [5.41, 5.74) is 34.4. The van der Waals surface area contributed by atoms with E-state index >= 15 is 0 Å². The van der Waals surface area contributed by atoms with Crippen LogP contribution in [0.2, 0.25) is 0 Å². The lowest BCUT2D eigenvalue weighted by atomic mass is 9.49. The molecule has 23 N–H and O–H groups in total. The molecule has 6 fully saturated rings. The highest BCUT2D eigenvalue weighted by molar-refractivity contribution is 7.09. The van der Waals surface area contributed by atoms with Gasteiger partial charge in [-0.3, -0.25) is 62.9 Å². The minimum Gasteiger partial charge on any atom is -0.480 e. The van der Waals surface area contributed by atoms with Crippen molar-refractivity contribution in [1.82, 2.24) is 52.3 Å². The number of thiophene rings is 1. The van der Waals surface area contributed by atoms with Gasteiger partial charge in [0.25, 0.3) is 0 Å². The average molecular weight is 1510 g/mol. The van der Waals surface area contributed by atoms with Crippen LogP contribution in [0.25, 0.3) is 10.8 Å². The highest BCUT2D eigenvalue weighted by Crippen LogP contribution is 2.61. The van der Waals surface area contributed by atoms with E-state index in [1.165, 1.54) is 35.5 Å². The number of nitrogens with two attached hydrogens (primary N) is 6. The number of nitrogens with zero attached hydrogens (tertiary/aromatic N) is 5. The van der Waals surface area contributed by atoms with Gasteiger partial charge in [-0.05, 0) is 146 Å². The predicted octanol–water partition coefficient (Wildman–Crippen LogP) is -1.76. The molecule has 6 aliphatic rings. The molecule has 2 saturated heterocycles. The van der Waals surface area contributed by atoms with E-state index in [9.17, 15) is 68.1 Å². The number of carboxylic acid groups (broad SMARTS) is 1. The molecule has 108 heavy (non-hydrogen) atoms. The Balaban J connectivity index is 0.846. The van der Waals surface area contributed by atoms with Crippen molar-refractivity contribution in [3.63, 3.8) is 0 Å². The smallest absolute Gasteiger partial charge is 0.326 e. The van der Waals surface area contributed by atoms with E-state index in [4.69, 9.17) is 34.4 Å². The molecule has 4 bridgehead atoms. The van der Waals surface area contributed by atoms with Gasteiger partial charge in [-0.25, -0.2) is 4.79 Å². The first kappa shape index (κ1) is 81.6. The standard InChI is InChI=1S/C74H103N19O14S/c75-71(76)81-23-7-19-51(85-60(96)38-74-35-43-28-44(36-74)30-45(29-43)37-74)62(98)87-52(20-8-24-82-72(77)78)68(104)92-26-10-22-58(92)69(105)93-40-48(95)33-59(93)67(103)84-39-61(97)86-56(34-49-17-11-27-108-49)65(101)91-57(41-94)66(102)89-54(31-42-12-2-1-3-13-42)63(99)90-55(32-47-16-6-15-46-14-4-5-18-50(46)47)64(100)88-53(70(106)107)21-9-25-83-73(79)80/h1-6,11-18,27,43-45,48,51-59,94-95H,7-10,19-26,28-41H2,(H,84,103)(H,85,96)(H,86,97)(H,87,98)(H,88,100)(H,89,102)(H,90,99)(H,91,101)(H,106,107)(H4,75,76,81)(H4,77,78,82)(H4,79,80,83)/t43?,44?,45?,48-,51-,52+,53+,54-,55+,56+,57+,58+,59+,74?/m1/s1. The Hall–Kier alpha value is -10.5. The SMILES string of the molecule is NC(N)=NCCC[C@H](NC(=O)[C@H](Cc1cccc2ccccc12)NC(=O)[C@@H](Cc1ccccc1)NC(=O)[C@H](CO)NC(=O)[C@H](Cc1cccs1)NC(=O)CNC(=O)[C@@H]1C[C@@H](O)CN1C(=O)[C@@H]1CCCN1C(=O)[C@H](CCCN=C(N)N)NC(=O)[C@@H](CCCN=C(N)N)NC(=O)CC12CC3CC(CC(C3)C1)C2)C(=O)O. The Labute approximate surface area is 629 Å². The van der Waals surface area contributed by atoms with E-state index in [1.807, 2.05) is 24.3 Å². The highest BCUT2D eigenvalue weighted by Gasteiger charge is 2.52. The number of aliphatic carboxylic acids is 1. The molecule has 0 radical (unpaired) electrons. The number of hydrogen-bond acceptors (Lipinski definition) is 17. The molecule has 4 aliphatic carbocycles. The first-order valence-corrected chi connectivity index (χ1v) is 37.8. The Morgan fingerprint density at radius 3 is 1.65 bits per heavy atom. The van der Waals surface area contributed by atoms with Crippen molar-refractivity contribution in [2.75, 3.05) is 45.9 Å². The molecule has 2 aliphatic heterocycles. The van der Waals surface area contributed by atoms with Crippen molar-refractivity contribution in [3.8, 4) is 0 Å². The summed E-state index contributed by atoms with van der Waals surface area (Å²) in [6, 6.07) is 12.2. The number of likely N-dealkylation sites (tertiary alicyclic amines) is 2. The van der Waals surface area contributed by atoms with Crippen LogP contribution in [-0.4, -0.2) is 214 Å². The van der Waals surface area contributed by atoms with Crippen LogP contribution < -0.4 is 76.9 Å². The number of carbonyl (C=O) groups is 11. The van der Waals surface area contributed by atoms with Crippen LogP contribution in [0.1, 0.15) is 119 Å². The first-order valence-electron chi connectivity index (χ1n) is 36.9. The van der Waals surface area contributed by atoms with Crippen LogP contribution in [0, 0.1) is 23.2 Å². The number of carboxylic acids is 1. The average Bonchev–Trinajstić information content (AvgIpc) is 0.908. The van der Waals surface area contributed by atoms with Gasteiger partial charge in [-0.2, -0.15) is 0 Å². The predicted molar refractivity (Wildman–Crippen MR) is 403 cm³/mol. The minimum absolute atomic E-state index is 0.0195. The van der Waals surface area contributed by atoms with Gasteiger partial charge in [0.2, 0.25) is 59.1 Å². The van der Waals surface area contributed by atoms with Crippen molar-refractivity contribution in [1.29, 1.82) is 0 Å². The molecule has 1 aromatic heterocycles. The van der Waals surface area contributed by atoms with Crippen LogP contribution in [0.4, 0.5) is 0 Å². The number of fused-ring (bicyclic) bond motifs is 1. The zero-order valence-corrected chi connectivity index (χ0v) is 61.3. The summed E-state index contributed by atoms with van der Waals surface area (Å²) in [4.78, 5) is 172. The molecule has 4 saturated carbocycles. The van der Waals surface area contributed by atoms with Gasteiger partial charge in [-0.1, -0.05) is 78.9 Å². The highest BCUT2D eigenvalue weighted by atomic mass is 32.1. The molecule has 33 nitrogen and oxygen atoms in total. The lowest BCUT2D eigenvalue weighted by Gasteiger charge is -2.56. The molecule has 10 atom stereocenters. The second-order valence-electron chi connectivity index (χ2n) is 29.1. The fourth-order valence-corrected chi connectivity index (χ4v) is 17.0. The van der Waals surface area contributed by atoms with Crippen LogP contribution in [0.15, 0.2) is 105 Å². The maximum atomic E-state index is 14.9. The Morgan fingerprint density at radius 1 is 0.537 bits per heavy atom. The summed E-state index contributed by atoms with van der Waals surface area (Å²) in [5.74, 6) is -7.82. The van der Waals surface area contributed by atoms with Crippen molar-refractivity contribution in [2.45, 2.75) is 182 Å². The van der Waals surface area contributed by atoms with E-state index in [2.05, 4.69) is 57.5 Å². The second-order valence-corrected chi connectivity index (χ2v) is 30.2. The molecule has 4 aromatic rings. The topological polar surface area (TPSA) is 544 Å². The third-order valence-electron chi connectivity index (χ3n) is 20.8. The van der Waals surface area contributed by atoms with Crippen LogP contribution in [0.3, 0.4) is 0 Å². The molecular formula is C74H103N19O14S. The van der Waals surface area contributed by atoms with E-state index < -0.39 is 133 Å². The number of aliphatic imine (C=N–C) groups is 3. The normalized spacial score (nSPS) is 21.6. The number of carbonyl (C=O) groups excluding carboxylic acids is 10. The second kappa shape index (κ2) is 38.9. The quantitative estimate of drug-likeness (QED) is 0.0134. The largest absolute Gasteiger partial charge is 0.480 e. The van der Waals surface area contributed by atoms with Gasteiger partial charge in [0.1, 0.15) is 54.4 Å². The Bertz CT molecular complexity index is 3890. The summed E-state index contributed by atoms with van der Waals surface area (Å²) < 4.78 is 0. The van der Waals surface area contributed by atoms with Gasteiger partial charge in [0, 0.05) is 69.7 Å². The Morgan fingerprint density at radius 2 is 1.06 bits per heavy atom. The van der Waals surface area contributed by atoms with E-state index in [0.717, 1.165) is 34.9 Å². The monoisotopic (exact) mass is 1510 g/mol. The molecular weight excluding hydrogens is 1410 g/mol. The number of aliphatic hydroxyl groups excluding tert-OH is 2. The van der Waals surface area contributed by atoms with Gasteiger partial charge < -0.3 is 102 Å². The molecule has 0 spiro atoms. The molecule has 34 heteroatoms. The lowest BCUT2D eigenvalue weighted by molar-refractivity contribution is -0.148. The number of hydrogen-bond donors (Lipinski definition) is 17. The number of nitrogens with one attached hydrogen (secondary N) is 8. The number of amides is 10. The van der Waals surface area contributed by atoms with Crippen LogP contribution in [0.5, 0.6) is 0 Å². The first-order chi connectivity index (χ1) is 51.7. The molecule has 584 valence electrons. The van der Waals surface area contributed by atoms with Crippen molar-refractivity contribution in [2.24, 2.45) is 72.5 Å². The summed E-state index contributed by atoms with van der Waals surface area (Å²) in [5, 5.41) is 56.6. The maximum absolute atomic E-state index is 14.9. The van der Waals surface area contributed by atoms with E-state index in [1.54, 1.807) is 66.0 Å². The van der Waals surface area contributed by atoms with Gasteiger partial charge in [0.05, 0.1) is 19.3 Å². The van der Waals surface area contributed by atoms with Crippen LogP contribution in [-0.2, 0) is 72.0 Å². The number of rotatable bonds is 39. The summed E-state index contributed by atoms with van der Waals surface area (Å²) in [7, 11) is 0. The summed E-state index contributed by atoms with van der Waals surface area (Å²) >= 11 is 1.24. The van der Waals surface area contributed by atoms with E-state index in [-0.39, 0.29) is 133 Å². The maximum Gasteiger partial charge on any atom is 0.326 e. The fraction of sp³-hybridized carbons (Fsp3) is 0.541. The fourth-order valence-electron chi connectivity index (χ4n) is 16.3. The molecule has 3 aromatic carbocycles. The zero-order chi connectivity index (χ0) is 77.6. The lowest BCUT2D eigenvalue weighted by Crippen LogP contribution is -2.60.